The number of nitrogens with zero attached hydrogens (tertiary/aromatic N) is 1. The van der Waals surface area contributed by atoms with E-state index >= 15 is 0 Å². The maximum atomic E-state index is 12.5. The van der Waals surface area contributed by atoms with E-state index in [-0.39, 0.29) is 24.5 Å². The summed E-state index contributed by atoms with van der Waals surface area (Å²) in [4.78, 5) is 26.3. The van der Waals surface area contributed by atoms with Crippen molar-refractivity contribution in [2.45, 2.75) is 64.2 Å². The van der Waals surface area contributed by atoms with Gasteiger partial charge < -0.3 is 10.2 Å². The molecule has 1 heterocycles. The average molecular weight is 420 g/mol. The van der Waals surface area contributed by atoms with Crippen molar-refractivity contribution in [1.29, 1.82) is 0 Å². The van der Waals surface area contributed by atoms with Gasteiger partial charge in [0.2, 0.25) is 15.9 Å². The summed E-state index contributed by atoms with van der Waals surface area (Å²) in [7, 11) is -3.78. The quantitative estimate of drug-likeness (QED) is 0.741. The second-order valence-electron chi connectivity index (χ2n) is 8.30. The van der Waals surface area contributed by atoms with E-state index in [0.717, 1.165) is 81.3 Å². The zero-order valence-electron chi connectivity index (χ0n) is 16.8. The lowest BCUT2D eigenvalue weighted by atomic mass is 9.99. The molecule has 8 heteroatoms. The molecule has 0 saturated carbocycles. The topological polar surface area (TPSA) is 95.6 Å². The number of sulfonamides is 1. The van der Waals surface area contributed by atoms with Gasteiger partial charge in [0.1, 0.15) is 0 Å². The Labute approximate surface area is 172 Å². The van der Waals surface area contributed by atoms with Crippen molar-refractivity contribution in [2.75, 3.05) is 24.2 Å². The summed E-state index contributed by atoms with van der Waals surface area (Å²) >= 11 is 0. The Morgan fingerprint density at radius 2 is 1.55 bits per heavy atom. The maximum Gasteiger partial charge on any atom is 0.332 e. The first-order chi connectivity index (χ1) is 13.9. The largest absolute Gasteiger partial charge is 0.343 e. The standard InChI is InChI=1S/C21H29N3O4S/c25-19(24-11-1-2-12-24)10-5-13-29(27,28)23-21(26)22-20-17-8-3-6-15(17)14-16-7-4-9-18(16)20/h14H,1-13H2,(H2,22,23,26). The smallest absolute Gasteiger partial charge is 0.332 e. The molecule has 0 unspecified atom stereocenters. The average Bonchev–Trinajstić information content (AvgIpc) is 3.41. The van der Waals surface area contributed by atoms with Crippen LogP contribution >= 0.6 is 0 Å². The molecular weight excluding hydrogens is 390 g/mol. The first-order valence-corrected chi connectivity index (χ1v) is 12.3. The number of carbonyl (C=O) groups is 2. The second kappa shape index (κ2) is 8.34. The zero-order chi connectivity index (χ0) is 20.4. The molecule has 29 heavy (non-hydrogen) atoms. The van der Waals surface area contributed by atoms with Crippen molar-refractivity contribution >= 4 is 27.6 Å². The molecule has 1 aliphatic heterocycles. The molecule has 0 aromatic heterocycles. The Bertz CT molecular complexity index is 888. The Morgan fingerprint density at radius 1 is 0.931 bits per heavy atom. The van der Waals surface area contributed by atoms with Gasteiger partial charge in [-0.1, -0.05) is 6.07 Å². The highest BCUT2D eigenvalue weighted by Gasteiger charge is 2.26. The van der Waals surface area contributed by atoms with Crippen LogP contribution in [0.4, 0.5) is 10.5 Å². The van der Waals surface area contributed by atoms with Gasteiger partial charge in [0.25, 0.3) is 0 Å². The molecule has 7 nitrogen and oxygen atoms in total. The zero-order valence-corrected chi connectivity index (χ0v) is 17.6. The first-order valence-electron chi connectivity index (χ1n) is 10.7. The van der Waals surface area contributed by atoms with Gasteiger partial charge in [-0.05, 0) is 80.0 Å². The van der Waals surface area contributed by atoms with Gasteiger partial charge in [-0.2, -0.15) is 0 Å². The third kappa shape index (κ3) is 4.57. The number of hydrogen-bond acceptors (Lipinski definition) is 4. The summed E-state index contributed by atoms with van der Waals surface area (Å²) in [6, 6.07) is 1.56. The number of benzene rings is 1. The van der Waals surface area contributed by atoms with Gasteiger partial charge >= 0.3 is 6.03 Å². The first kappa shape index (κ1) is 20.2. The van der Waals surface area contributed by atoms with Gasteiger partial charge in [0.05, 0.1) is 5.75 Å². The highest BCUT2D eigenvalue weighted by molar-refractivity contribution is 7.90. The summed E-state index contributed by atoms with van der Waals surface area (Å²) in [6.45, 7) is 1.52. The van der Waals surface area contributed by atoms with Crippen LogP contribution in [0.1, 0.15) is 60.8 Å². The van der Waals surface area contributed by atoms with Crippen LogP contribution in [0.25, 0.3) is 0 Å². The molecule has 0 spiro atoms. The molecule has 3 aliphatic rings. The Hall–Kier alpha value is -2.09. The van der Waals surface area contributed by atoms with Crippen LogP contribution in [0.3, 0.4) is 0 Å². The predicted molar refractivity (Wildman–Crippen MR) is 111 cm³/mol. The molecule has 1 aromatic rings. The highest BCUT2D eigenvalue weighted by Crippen LogP contribution is 2.38. The van der Waals surface area contributed by atoms with Crippen LogP contribution in [0.15, 0.2) is 6.07 Å². The summed E-state index contributed by atoms with van der Waals surface area (Å²) in [6.07, 6.45) is 8.45. The molecule has 1 saturated heterocycles. The summed E-state index contributed by atoms with van der Waals surface area (Å²) in [5.41, 5.74) is 5.71. The maximum absolute atomic E-state index is 12.5. The number of hydrogen-bond donors (Lipinski definition) is 2. The summed E-state index contributed by atoms with van der Waals surface area (Å²) < 4.78 is 26.7. The van der Waals surface area contributed by atoms with E-state index in [1.165, 1.54) is 11.1 Å². The fraction of sp³-hybridized carbons (Fsp3) is 0.619. The van der Waals surface area contributed by atoms with Crippen LogP contribution in [0.5, 0.6) is 0 Å². The third-order valence-electron chi connectivity index (χ3n) is 6.22. The van der Waals surface area contributed by atoms with Gasteiger partial charge in [0.15, 0.2) is 0 Å². The fourth-order valence-electron chi connectivity index (χ4n) is 4.84. The second-order valence-corrected chi connectivity index (χ2v) is 10.1. The number of urea groups is 1. The molecule has 4 rings (SSSR count). The van der Waals surface area contributed by atoms with Crippen LogP contribution in [0.2, 0.25) is 0 Å². The number of carbonyl (C=O) groups excluding carboxylic acids is 2. The molecule has 2 N–H and O–H groups in total. The molecule has 1 fully saturated rings. The van der Waals surface area contributed by atoms with Crippen molar-refractivity contribution in [2.24, 2.45) is 0 Å². The fourth-order valence-corrected chi connectivity index (χ4v) is 5.80. The number of nitrogens with one attached hydrogen (secondary N) is 2. The summed E-state index contributed by atoms with van der Waals surface area (Å²) in [5, 5.41) is 2.84. The van der Waals surface area contributed by atoms with Crippen molar-refractivity contribution in [1.82, 2.24) is 9.62 Å². The Balaban J connectivity index is 1.34. The van der Waals surface area contributed by atoms with E-state index in [9.17, 15) is 18.0 Å². The van der Waals surface area contributed by atoms with Crippen LogP contribution in [-0.2, 0) is 40.5 Å². The molecule has 1 aromatic carbocycles. The van der Waals surface area contributed by atoms with Crippen LogP contribution < -0.4 is 10.0 Å². The molecule has 3 amide bonds. The summed E-state index contributed by atoms with van der Waals surface area (Å²) in [5.74, 6) is -0.233. The molecule has 2 aliphatic carbocycles. The number of fused-ring (bicyclic) bond motifs is 2. The normalized spacial score (nSPS) is 17.9. The molecule has 0 radical (unpaired) electrons. The Morgan fingerprint density at radius 3 is 2.17 bits per heavy atom. The van der Waals surface area contributed by atoms with Crippen LogP contribution in [-0.4, -0.2) is 44.1 Å². The molecule has 0 bridgehead atoms. The third-order valence-corrected chi connectivity index (χ3v) is 7.54. The van der Waals surface area contributed by atoms with Crippen molar-refractivity contribution < 1.29 is 18.0 Å². The van der Waals surface area contributed by atoms with Crippen LogP contribution in [0, 0.1) is 0 Å². The van der Waals surface area contributed by atoms with Crippen molar-refractivity contribution in [3.8, 4) is 0 Å². The van der Waals surface area contributed by atoms with E-state index in [2.05, 4.69) is 16.1 Å². The molecule has 158 valence electrons. The van der Waals surface area contributed by atoms with Gasteiger partial charge in [-0.25, -0.2) is 17.9 Å². The Kier molecular flexibility index (Phi) is 5.81. The minimum Gasteiger partial charge on any atom is -0.343 e. The monoisotopic (exact) mass is 419 g/mol. The van der Waals surface area contributed by atoms with E-state index in [0.29, 0.717) is 0 Å². The van der Waals surface area contributed by atoms with E-state index < -0.39 is 16.1 Å². The minimum absolute atomic E-state index is 0.00226. The molecular formula is C21H29N3O4S. The van der Waals surface area contributed by atoms with E-state index in [1.807, 2.05) is 0 Å². The molecule has 0 atom stereocenters. The van der Waals surface area contributed by atoms with Crippen molar-refractivity contribution in [3.63, 3.8) is 0 Å². The highest BCUT2D eigenvalue weighted by atomic mass is 32.2. The predicted octanol–water partition coefficient (Wildman–Crippen LogP) is 2.52. The SMILES string of the molecule is O=C(Nc1c2c(cc3c1CCC3)CCC2)NS(=O)(=O)CCCC(=O)N1CCCC1. The lowest BCUT2D eigenvalue weighted by Gasteiger charge is -2.17. The van der Waals surface area contributed by atoms with E-state index in [4.69, 9.17) is 0 Å². The number of aryl methyl sites for hydroxylation is 2. The lowest BCUT2D eigenvalue weighted by Crippen LogP contribution is -2.37. The minimum atomic E-state index is -3.78. The lowest BCUT2D eigenvalue weighted by molar-refractivity contribution is -0.130. The number of anilines is 1. The van der Waals surface area contributed by atoms with Crippen molar-refractivity contribution in [3.05, 3.63) is 28.3 Å². The van der Waals surface area contributed by atoms with Gasteiger partial charge in [-0.3, -0.25) is 4.79 Å². The van der Waals surface area contributed by atoms with Gasteiger partial charge in [-0.15, -0.1) is 0 Å². The number of amides is 3. The number of likely N-dealkylation sites (tertiary alicyclic amines) is 1. The van der Waals surface area contributed by atoms with E-state index in [1.54, 1.807) is 4.90 Å². The number of rotatable bonds is 6. The van der Waals surface area contributed by atoms with Gasteiger partial charge in [0, 0.05) is 25.2 Å².